The second-order valence-corrected chi connectivity index (χ2v) is 6.42. The van der Waals surface area contributed by atoms with Crippen LogP contribution in [-0.2, 0) is 11.2 Å². The quantitative estimate of drug-likeness (QED) is 0.822. The number of benzene rings is 1. The number of hydrogen-bond acceptors (Lipinski definition) is 3. The molecule has 1 N–H and O–H groups in total. The number of hydrogen-bond donors (Lipinski definition) is 1. The van der Waals surface area contributed by atoms with E-state index in [4.69, 9.17) is 4.74 Å². The minimum absolute atomic E-state index is 0.125. The van der Waals surface area contributed by atoms with E-state index in [2.05, 4.69) is 5.32 Å². The van der Waals surface area contributed by atoms with Gasteiger partial charge < -0.3 is 10.1 Å². The van der Waals surface area contributed by atoms with E-state index in [1.165, 1.54) is 4.90 Å². The van der Waals surface area contributed by atoms with Crippen molar-refractivity contribution in [3.8, 4) is 5.75 Å². The molecule has 0 saturated carbocycles. The number of nitrogens with one attached hydrogen (secondary N) is 1. The maximum atomic E-state index is 12.5. The van der Waals surface area contributed by atoms with Crippen molar-refractivity contribution in [3.63, 3.8) is 0 Å². The van der Waals surface area contributed by atoms with E-state index in [-0.39, 0.29) is 17.9 Å². The number of nitrogens with zero attached hydrogens (tertiary/aromatic N) is 1. The van der Waals surface area contributed by atoms with E-state index in [1.54, 1.807) is 14.0 Å². The van der Waals surface area contributed by atoms with Gasteiger partial charge >= 0.3 is 6.03 Å². The van der Waals surface area contributed by atoms with Crippen LogP contribution in [0.25, 0.3) is 0 Å². The fourth-order valence-corrected chi connectivity index (χ4v) is 2.63. The van der Waals surface area contributed by atoms with Crippen LogP contribution >= 0.6 is 0 Å². The number of ether oxygens (including phenoxy) is 1. The monoisotopic (exact) mass is 304 g/mol. The molecule has 120 valence electrons. The first-order chi connectivity index (χ1) is 10.4. The molecule has 1 saturated heterocycles. The lowest BCUT2D eigenvalue weighted by atomic mass is 9.93. The minimum Gasteiger partial charge on any atom is -0.497 e. The summed E-state index contributed by atoms with van der Waals surface area (Å²) in [6.45, 7) is 6.25. The van der Waals surface area contributed by atoms with Crippen molar-refractivity contribution in [3.05, 3.63) is 29.8 Å². The smallest absolute Gasteiger partial charge is 0.325 e. The first-order valence-electron chi connectivity index (χ1n) is 7.63. The van der Waals surface area contributed by atoms with Gasteiger partial charge in [-0.15, -0.1) is 0 Å². The molecule has 1 atom stereocenters. The Morgan fingerprint density at radius 3 is 2.41 bits per heavy atom. The fraction of sp³-hybridized carbons (Fsp3) is 0.529. The summed E-state index contributed by atoms with van der Waals surface area (Å²) in [7, 11) is 1.63. The fourth-order valence-electron chi connectivity index (χ4n) is 2.63. The molecule has 0 aromatic heterocycles. The van der Waals surface area contributed by atoms with Gasteiger partial charge in [0, 0.05) is 6.54 Å². The van der Waals surface area contributed by atoms with Crippen molar-refractivity contribution in [2.75, 3.05) is 13.7 Å². The molecule has 3 amide bonds. The van der Waals surface area contributed by atoms with Gasteiger partial charge in [-0.1, -0.05) is 26.0 Å². The van der Waals surface area contributed by atoms with Crippen molar-refractivity contribution in [1.82, 2.24) is 10.2 Å². The molecule has 1 aromatic carbocycles. The Kier molecular flexibility index (Phi) is 4.74. The molecule has 0 spiro atoms. The lowest BCUT2D eigenvalue weighted by molar-refractivity contribution is -0.131. The summed E-state index contributed by atoms with van der Waals surface area (Å²) < 4.78 is 5.13. The molecule has 0 radical (unpaired) electrons. The number of methoxy groups -OCH3 is 1. The number of imide groups is 1. The first-order valence-corrected chi connectivity index (χ1v) is 7.63. The maximum absolute atomic E-state index is 12.5. The number of rotatable bonds is 6. The number of carbonyl (C=O) groups excluding carboxylic acids is 2. The summed E-state index contributed by atoms with van der Waals surface area (Å²) in [5, 5.41) is 2.84. The molecule has 2 rings (SSSR count). The highest BCUT2D eigenvalue weighted by Gasteiger charge is 2.47. The summed E-state index contributed by atoms with van der Waals surface area (Å²) in [4.78, 5) is 25.9. The van der Waals surface area contributed by atoms with E-state index >= 15 is 0 Å². The topological polar surface area (TPSA) is 58.6 Å². The molecule has 0 aliphatic carbocycles. The third kappa shape index (κ3) is 3.40. The van der Waals surface area contributed by atoms with Crippen LogP contribution in [0.3, 0.4) is 0 Å². The zero-order valence-electron chi connectivity index (χ0n) is 13.7. The van der Waals surface area contributed by atoms with Gasteiger partial charge in [0.15, 0.2) is 0 Å². The van der Waals surface area contributed by atoms with Gasteiger partial charge in [-0.3, -0.25) is 9.69 Å². The van der Waals surface area contributed by atoms with Crippen molar-refractivity contribution >= 4 is 11.9 Å². The highest BCUT2D eigenvalue weighted by Crippen LogP contribution is 2.24. The molecule has 0 unspecified atom stereocenters. The van der Waals surface area contributed by atoms with E-state index in [0.29, 0.717) is 13.0 Å². The Morgan fingerprint density at radius 1 is 1.23 bits per heavy atom. The van der Waals surface area contributed by atoms with Crippen molar-refractivity contribution in [2.24, 2.45) is 5.92 Å². The highest BCUT2D eigenvalue weighted by molar-refractivity contribution is 6.06. The van der Waals surface area contributed by atoms with E-state index in [0.717, 1.165) is 17.7 Å². The molecule has 1 aliphatic rings. The largest absolute Gasteiger partial charge is 0.497 e. The molecule has 1 fully saturated rings. The van der Waals surface area contributed by atoms with Crippen LogP contribution in [0.4, 0.5) is 4.79 Å². The average molecular weight is 304 g/mol. The van der Waals surface area contributed by atoms with E-state index in [9.17, 15) is 9.59 Å². The van der Waals surface area contributed by atoms with Crippen molar-refractivity contribution in [2.45, 2.75) is 39.2 Å². The third-order valence-corrected chi connectivity index (χ3v) is 3.97. The van der Waals surface area contributed by atoms with Crippen LogP contribution in [0.15, 0.2) is 24.3 Å². The summed E-state index contributed by atoms with van der Waals surface area (Å²) in [6.07, 6.45) is 1.31. The third-order valence-electron chi connectivity index (χ3n) is 3.97. The standard InChI is InChI=1S/C17H24N2O3/c1-12(2)11-19-15(20)17(3,18-16(19)21)10-9-13-5-7-14(22-4)8-6-13/h5-8,12H,9-11H2,1-4H3,(H,18,21)/t17-/m0/s1. The van der Waals surface area contributed by atoms with Gasteiger partial charge in [0.1, 0.15) is 11.3 Å². The normalized spacial score (nSPS) is 21.4. The number of carbonyl (C=O) groups is 2. The zero-order chi connectivity index (χ0) is 16.3. The van der Waals surface area contributed by atoms with Gasteiger partial charge in [-0.25, -0.2) is 4.79 Å². The van der Waals surface area contributed by atoms with Gasteiger partial charge in [0.2, 0.25) is 0 Å². The average Bonchev–Trinajstić information content (AvgIpc) is 2.69. The Morgan fingerprint density at radius 2 is 1.86 bits per heavy atom. The van der Waals surface area contributed by atoms with Gasteiger partial charge in [0.05, 0.1) is 7.11 Å². The molecular weight excluding hydrogens is 280 g/mol. The summed E-state index contributed by atoms with van der Waals surface area (Å²) in [6, 6.07) is 7.48. The lowest BCUT2D eigenvalue weighted by Gasteiger charge is -2.22. The molecule has 5 nitrogen and oxygen atoms in total. The number of urea groups is 1. The van der Waals surface area contributed by atoms with Crippen LogP contribution in [-0.4, -0.2) is 36.0 Å². The molecule has 1 aromatic rings. The predicted octanol–water partition coefficient (Wildman–Crippen LogP) is 2.59. The van der Waals surface area contributed by atoms with Crippen LogP contribution in [0.2, 0.25) is 0 Å². The van der Waals surface area contributed by atoms with Crippen LogP contribution in [0.5, 0.6) is 5.75 Å². The lowest BCUT2D eigenvalue weighted by Crippen LogP contribution is -2.44. The zero-order valence-corrected chi connectivity index (χ0v) is 13.7. The maximum Gasteiger partial charge on any atom is 0.325 e. The Bertz CT molecular complexity index is 554. The molecule has 5 heteroatoms. The molecule has 1 aliphatic heterocycles. The molecular formula is C17H24N2O3. The number of amides is 3. The Balaban J connectivity index is 2.02. The molecule has 0 bridgehead atoms. The minimum atomic E-state index is -0.814. The van der Waals surface area contributed by atoms with Gasteiger partial charge in [0.25, 0.3) is 5.91 Å². The van der Waals surface area contributed by atoms with Crippen molar-refractivity contribution < 1.29 is 14.3 Å². The summed E-state index contributed by atoms with van der Waals surface area (Å²) in [5.41, 5.74) is 0.303. The second-order valence-electron chi connectivity index (χ2n) is 6.42. The molecule has 22 heavy (non-hydrogen) atoms. The van der Waals surface area contributed by atoms with Crippen LogP contribution < -0.4 is 10.1 Å². The first kappa shape index (κ1) is 16.3. The van der Waals surface area contributed by atoms with Crippen molar-refractivity contribution in [1.29, 1.82) is 0 Å². The van der Waals surface area contributed by atoms with Gasteiger partial charge in [-0.05, 0) is 43.4 Å². The SMILES string of the molecule is COc1ccc(CC[C@]2(C)NC(=O)N(CC(C)C)C2=O)cc1. The van der Waals surface area contributed by atoms with Crippen LogP contribution in [0, 0.1) is 5.92 Å². The van der Waals surface area contributed by atoms with Crippen LogP contribution in [0.1, 0.15) is 32.8 Å². The van der Waals surface area contributed by atoms with Gasteiger partial charge in [-0.2, -0.15) is 0 Å². The Labute approximate surface area is 131 Å². The second kappa shape index (κ2) is 6.38. The van der Waals surface area contributed by atoms with E-state index < -0.39 is 5.54 Å². The Hall–Kier alpha value is -2.04. The predicted molar refractivity (Wildman–Crippen MR) is 84.8 cm³/mol. The van der Waals surface area contributed by atoms with E-state index in [1.807, 2.05) is 38.1 Å². The number of aryl methyl sites for hydroxylation is 1. The molecule has 1 heterocycles. The summed E-state index contributed by atoms with van der Waals surface area (Å²) in [5.74, 6) is 0.946. The highest BCUT2D eigenvalue weighted by atomic mass is 16.5. The summed E-state index contributed by atoms with van der Waals surface area (Å²) >= 11 is 0.